The second-order valence-electron chi connectivity index (χ2n) is 4.50. The van der Waals surface area contributed by atoms with Gasteiger partial charge in [-0.3, -0.25) is 9.78 Å². The lowest BCUT2D eigenvalue weighted by atomic mass is 10.2. The molecule has 0 bridgehead atoms. The van der Waals surface area contributed by atoms with Gasteiger partial charge in [-0.1, -0.05) is 6.07 Å². The van der Waals surface area contributed by atoms with Gasteiger partial charge in [0.05, 0.1) is 5.56 Å². The monoisotopic (exact) mass is 348 g/mol. The van der Waals surface area contributed by atoms with Crippen LogP contribution in [-0.2, 0) is 0 Å². The number of aromatic nitrogens is 2. The fourth-order valence-electron chi connectivity index (χ4n) is 1.77. The first-order valence-electron chi connectivity index (χ1n) is 6.79. The molecule has 5 nitrogen and oxygen atoms in total. The number of nitrogens with one attached hydrogen (secondary N) is 2. The lowest BCUT2D eigenvalue weighted by Crippen LogP contribution is -2.25. The topological polar surface area (TPSA) is 66.9 Å². The minimum absolute atomic E-state index is 0.0958. The van der Waals surface area contributed by atoms with Crippen LogP contribution in [0.2, 0.25) is 0 Å². The van der Waals surface area contributed by atoms with E-state index in [0.717, 1.165) is 29.7 Å². The van der Waals surface area contributed by atoms with Gasteiger partial charge in [0.25, 0.3) is 5.91 Å². The fraction of sp³-hybridized carbons (Fsp3) is 0.267. The summed E-state index contributed by atoms with van der Waals surface area (Å²) in [6.07, 6.45) is 6.85. The van der Waals surface area contributed by atoms with Crippen molar-refractivity contribution < 1.29 is 4.79 Å². The van der Waals surface area contributed by atoms with Crippen LogP contribution >= 0.6 is 15.9 Å². The molecule has 110 valence electrons. The molecule has 2 heterocycles. The van der Waals surface area contributed by atoms with Crippen LogP contribution in [0, 0.1) is 0 Å². The van der Waals surface area contributed by atoms with Crippen molar-refractivity contribution in [2.75, 3.05) is 18.4 Å². The highest BCUT2D eigenvalue weighted by atomic mass is 79.9. The van der Waals surface area contributed by atoms with E-state index >= 15 is 0 Å². The van der Waals surface area contributed by atoms with Gasteiger partial charge in [-0.05, 0) is 47.0 Å². The Hall–Kier alpha value is -1.95. The van der Waals surface area contributed by atoms with Crippen LogP contribution in [0.4, 0.5) is 5.82 Å². The van der Waals surface area contributed by atoms with Crippen molar-refractivity contribution in [2.45, 2.75) is 12.8 Å². The number of anilines is 1. The van der Waals surface area contributed by atoms with E-state index in [4.69, 9.17) is 0 Å². The van der Waals surface area contributed by atoms with Crippen molar-refractivity contribution in [1.82, 2.24) is 15.3 Å². The maximum Gasteiger partial charge on any atom is 0.252 e. The van der Waals surface area contributed by atoms with E-state index in [1.54, 1.807) is 24.7 Å². The molecule has 0 unspecified atom stereocenters. The molecule has 2 aromatic heterocycles. The minimum atomic E-state index is -0.0958. The third-order valence-electron chi connectivity index (χ3n) is 2.83. The van der Waals surface area contributed by atoms with Crippen LogP contribution < -0.4 is 10.6 Å². The summed E-state index contributed by atoms with van der Waals surface area (Å²) in [7, 11) is 0. The molecular formula is C15H17BrN4O. The lowest BCUT2D eigenvalue weighted by molar-refractivity contribution is 0.0952. The van der Waals surface area contributed by atoms with Gasteiger partial charge in [0, 0.05) is 36.2 Å². The highest BCUT2D eigenvalue weighted by Gasteiger charge is 2.05. The smallest absolute Gasteiger partial charge is 0.252 e. The maximum atomic E-state index is 11.9. The Bertz CT molecular complexity index is 577. The van der Waals surface area contributed by atoms with Crippen LogP contribution in [0.5, 0.6) is 0 Å². The second kappa shape index (κ2) is 8.36. The number of nitrogens with zero attached hydrogens (tertiary/aromatic N) is 2. The molecule has 0 fully saturated rings. The third-order valence-corrected chi connectivity index (χ3v) is 3.26. The molecular weight excluding hydrogens is 332 g/mol. The molecule has 0 aliphatic rings. The van der Waals surface area contributed by atoms with E-state index in [-0.39, 0.29) is 5.91 Å². The van der Waals surface area contributed by atoms with Gasteiger partial charge in [-0.2, -0.15) is 0 Å². The molecule has 0 aliphatic carbocycles. The zero-order chi connectivity index (χ0) is 14.9. The lowest BCUT2D eigenvalue weighted by Gasteiger charge is -2.07. The standard InChI is InChI=1S/C15H17BrN4O/c16-13-9-12(10-17-11-13)15(21)20-8-4-3-7-19-14-5-1-2-6-18-14/h1-2,5-6,9-11H,3-4,7-8H2,(H,18,19)(H,20,21). The van der Waals surface area contributed by atoms with Gasteiger partial charge < -0.3 is 10.6 Å². The van der Waals surface area contributed by atoms with Crippen molar-refractivity contribution >= 4 is 27.7 Å². The Labute approximate surface area is 132 Å². The molecule has 21 heavy (non-hydrogen) atoms. The second-order valence-corrected chi connectivity index (χ2v) is 5.41. The molecule has 1 amide bonds. The number of rotatable bonds is 7. The molecule has 0 aromatic carbocycles. The molecule has 6 heteroatoms. The summed E-state index contributed by atoms with van der Waals surface area (Å²) in [5, 5.41) is 6.11. The summed E-state index contributed by atoms with van der Waals surface area (Å²) in [6, 6.07) is 7.52. The first-order valence-corrected chi connectivity index (χ1v) is 7.58. The normalized spacial score (nSPS) is 10.1. The number of unbranched alkanes of at least 4 members (excludes halogenated alkanes) is 1. The molecule has 2 rings (SSSR count). The quantitative estimate of drug-likeness (QED) is 0.755. The van der Waals surface area contributed by atoms with Gasteiger partial charge in [-0.25, -0.2) is 4.98 Å². The van der Waals surface area contributed by atoms with Gasteiger partial charge in [0.1, 0.15) is 5.82 Å². The average molecular weight is 349 g/mol. The summed E-state index contributed by atoms with van der Waals surface area (Å²) in [6.45, 7) is 1.49. The van der Waals surface area contributed by atoms with Gasteiger partial charge in [0.15, 0.2) is 0 Å². The van der Waals surface area contributed by atoms with E-state index in [1.807, 2.05) is 18.2 Å². The number of carbonyl (C=O) groups is 1. The van der Waals surface area contributed by atoms with E-state index in [1.165, 1.54) is 0 Å². The zero-order valence-electron chi connectivity index (χ0n) is 11.6. The maximum absolute atomic E-state index is 11.9. The summed E-state index contributed by atoms with van der Waals surface area (Å²) in [4.78, 5) is 20.0. The Morgan fingerprint density at radius 1 is 1.19 bits per heavy atom. The number of carbonyl (C=O) groups excluding carboxylic acids is 1. The Kier molecular flexibility index (Phi) is 6.15. The predicted molar refractivity (Wildman–Crippen MR) is 86.2 cm³/mol. The Balaban J connectivity index is 1.60. The first kappa shape index (κ1) is 15.4. The first-order chi connectivity index (χ1) is 10.3. The van der Waals surface area contributed by atoms with Crippen LogP contribution in [-0.4, -0.2) is 29.0 Å². The van der Waals surface area contributed by atoms with Gasteiger partial charge in [0.2, 0.25) is 0 Å². The van der Waals surface area contributed by atoms with Crippen molar-refractivity contribution in [3.05, 3.63) is 52.9 Å². The number of hydrogen-bond donors (Lipinski definition) is 2. The molecule has 0 radical (unpaired) electrons. The Morgan fingerprint density at radius 2 is 2.05 bits per heavy atom. The van der Waals surface area contributed by atoms with Gasteiger partial charge in [-0.15, -0.1) is 0 Å². The summed E-state index contributed by atoms with van der Waals surface area (Å²) in [5.74, 6) is 0.781. The molecule has 0 atom stereocenters. The third kappa shape index (κ3) is 5.51. The van der Waals surface area contributed by atoms with E-state index in [2.05, 4.69) is 36.5 Å². The summed E-state index contributed by atoms with van der Waals surface area (Å²) < 4.78 is 0.801. The molecule has 0 saturated heterocycles. The van der Waals surface area contributed by atoms with Crippen molar-refractivity contribution in [2.24, 2.45) is 0 Å². The molecule has 0 spiro atoms. The van der Waals surface area contributed by atoms with E-state index in [0.29, 0.717) is 12.1 Å². The van der Waals surface area contributed by atoms with E-state index < -0.39 is 0 Å². The van der Waals surface area contributed by atoms with Crippen molar-refractivity contribution in [3.63, 3.8) is 0 Å². The van der Waals surface area contributed by atoms with Crippen LogP contribution in [0.15, 0.2) is 47.3 Å². The van der Waals surface area contributed by atoms with Crippen LogP contribution in [0.25, 0.3) is 0 Å². The number of halogens is 1. The number of amides is 1. The summed E-state index contributed by atoms with van der Waals surface area (Å²) in [5.41, 5.74) is 0.566. The molecule has 2 aromatic rings. The van der Waals surface area contributed by atoms with Crippen LogP contribution in [0.1, 0.15) is 23.2 Å². The zero-order valence-corrected chi connectivity index (χ0v) is 13.1. The number of pyridine rings is 2. The minimum Gasteiger partial charge on any atom is -0.370 e. The molecule has 0 aliphatic heterocycles. The highest BCUT2D eigenvalue weighted by molar-refractivity contribution is 9.10. The predicted octanol–water partition coefficient (Wildman–Crippen LogP) is 2.86. The van der Waals surface area contributed by atoms with Crippen molar-refractivity contribution in [3.8, 4) is 0 Å². The Morgan fingerprint density at radius 3 is 2.81 bits per heavy atom. The molecule has 2 N–H and O–H groups in total. The average Bonchev–Trinajstić information content (AvgIpc) is 2.51. The van der Waals surface area contributed by atoms with Crippen molar-refractivity contribution in [1.29, 1.82) is 0 Å². The van der Waals surface area contributed by atoms with E-state index in [9.17, 15) is 4.79 Å². The highest BCUT2D eigenvalue weighted by Crippen LogP contribution is 2.09. The van der Waals surface area contributed by atoms with Gasteiger partial charge >= 0.3 is 0 Å². The summed E-state index contributed by atoms with van der Waals surface area (Å²) >= 11 is 3.30. The molecule has 0 saturated carbocycles. The number of hydrogen-bond acceptors (Lipinski definition) is 4. The largest absolute Gasteiger partial charge is 0.370 e. The fourth-order valence-corrected chi connectivity index (χ4v) is 2.14. The SMILES string of the molecule is O=C(NCCCCNc1ccccn1)c1cncc(Br)c1. The van der Waals surface area contributed by atoms with Crippen LogP contribution in [0.3, 0.4) is 0 Å².